The van der Waals surface area contributed by atoms with E-state index in [2.05, 4.69) is 47.0 Å². The van der Waals surface area contributed by atoms with Crippen molar-refractivity contribution in [2.24, 2.45) is 4.99 Å². The Bertz CT molecular complexity index is 473. The quantitative estimate of drug-likeness (QED) is 0.743. The van der Waals surface area contributed by atoms with E-state index in [1.807, 2.05) is 13.0 Å². The van der Waals surface area contributed by atoms with Crippen molar-refractivity contribution in [2.45, 2.75) is 13.8 Å². The Labute approximate surface area is 127 Å². The van der Waals surface area contributed by atoms with Gasteiger partial charge in [-0.2, -0.15) is 0 Å². The summed E-state index contributed by atoms with van der Waals surface area (Å²) in [7, 11) is 2.06. The summed E-state index contributed by atoms with van der Waals surface area (Å²) in [6.07, 6.45) is 2.01. The van der Waals surface area contributed by atoms with E-state index in [0.29, 0.717) is 0 Å². The summed E-state index contributed by atoms with van der Waals surface area (Å²) in [5.74, 6) is 1.91. The van der Waals surface area contributed by atoms with Crippen LogP contribution in [0.4, 0.5) is 0 Å². The molecule has 21 heavy (non-hydrogen) atoms. The minimum Gasteiger partial charge on any atom is -0.488 e. The van der Waals surface area contributed by atoms with E-state index < -0.39 is 0 Å². The predicted octanol–water partition coefficient (Wildman–Crippen LogP) is 1.87. The van der Waals surface area contributed by atoms with E-state index in [0.717, 1.165) is 56.6 Å². The van der Waals surface area contributed by atoms with Gasteiger partial charge in [-0.15, -0.1) is 0 Å². The highest BCUT2D eigenvalue weighted by molar-refractivity contribution is 5.29. The molecule has 0 unspecified atom stereocenters. The van der Waals surface area contributed by atoms with Gasteiger partial charge in [0.25, 0.3) is 0 Å². The molecule has 0 aromatic heterocycles. The topological polar surface area (TPSA) is 31.3 Å². The first kappa shape index (κ1) is 15.5. The Kier molecular flexibility index (Phi) is 4.94. The zero-order valence-corrected chi connectivity index (χ0v) is 13.4. The smallest absolute Gasteiger partial charge is 0.160 e. The molecular formula is C16H26N4O. The third kappa shape index (κ3) is 3.23. The van der Waals surface area contributed by atoms with Crippen LogP contribution in [0.15, 0.2) is 40.6 Å². The van der Waals surface area contributed by atoms with Crippen molar-refractivity contribution in [3.8, 4) is 0 Å². The summed E-state index contributed by atoms with van der Waals surface area (Å²) in [5, 5.41) is 0. The second-order valence-corrected chi connectivity index (χ2v) is 5.41. The minimum atomic E-state index is 0.727. The summed E-state index contributed by atoms with van der Waals surface area (Å²) >= 11 is 0. The van der Waals surface area contributed by atoms with Gasteiger partial charge in [-0.1, -0.05) is 6.58 Å². The summed E-state index contributed by atoms with van der Waals surface area (Å²) in [4.78, 5) is 10.9. The van der Waals surface area contributed by atoms with Crippen LogP contribution in [0.2, 0.25) is 0 Å². The average molecular weight is 290 g/mol. The lowest BCUT2D eigenvalue weighted by molar-refractivity contribution is 0.123. The standard InChI is InChI=1S/C16H26N4O/c1-6-15(17-4)20-9-7-19(8-10-20)14(3)16-13(2)18(5)11-12-21-16/h6H,2,4,7-12H2,1,3,5H3/b15-6+,16-14-. The van der Waals surface area contributed by atoms with Crippen molar-refractivity contribution < 1.29 is 4.74 Å². The number of nitrogens with zero attached hydrogens (tertiary/aromatic N) is 4. The molecule has 0 saturated carbocycles. The van der Waals surface area contributed by atoms with Crippen molar-refractivity contribution >= 4 is 6.72 Å². The van der Waals surface area contributed by atoms with Gasteiger partial charge in [-0.25, -0.2) is 4.99 Å². The molecule has 0 radical (unpaired) electrons. The molecule has 0 aromatic carbocycles. The fourth-order valence-electron chi connectivity index (χ4n) is 2.78. The zero-order valence-electron chi connectivity index (χ0n) is 13.4. The maximum Gasteiger partial charge on any atom is 0.160 e. The Hall–Kier alpha value is -1.91. The van der Waals surface area contributed by atoms with Crippen molar-refractivity contribution in [2.75, 3.05) is 46.4 Å². The third-order valence-corrected chi connectivity index (χ3v) is 4.22. The number of rotatable bonds is 3. The fourth-order valence-corrected chi connectivity index (χ4v) is 2.78. The molecule has 5 heteroatoms. The molecule has 0 bridgehead atoms. The summed E-state index contributed by atoms with van der Waals surface area (Å²) in [6, 6.07) is 0. The number of piperazine rings is 1. The number of allylic oxidation sites excluding steroid dienone is 2. The summed E-state index contributed by atoms with van der Waals surface area (Å²) in [6.45, 7) is 17.3. The molecule has 0 atom stereocenters. The van der Waals surface area contributed by atoms with Gasteiger partial charge in [0.05, 0.1) is 17.9 Å². The second-order valence-electron chi connectivity index (χ2n) is 5.41. The molecule has 0 aromatic rings. The number of morpholine rings is 1. The first-order valence-corrected chi connectivity index (χ1v) is 7.45. The fraction of sp³-hybridized carbons (Fsp3) is 0.562. The van der Waals surface area contributed by atoms with Gasteiger partial charge < -0.3 is 19.4 Å². The molecular weight excluding hydrogens is 264 g/mol. The predicted molar refractivity (Wildman–Crippen MR) is 86.9 cm³/mol. The van der Waals surface area contributed by atoms with Gasteiger partial charge in [0, 0.05) is 33.2 Å². The maximum absolute atomic E-state index is 5.84. The van der Waals surface area contributed by atoms with Gasteiger partial charge in [0.15, 0.2) is 5.76 Å². The second kappa shape index (κ2) is 6.70. The monoisotopic (exact) mass is 290 g/mol. The van der Waals surface area contributed by atoms with Crippen LogP contribution in [0.5, 0.6) is 0 Å². The Morgan fingerprint density at radius 2 is 1.81 bits per heavy atom. The highest BCUT2D eigenvalue weighted by Crippen LogP contribution is 2.25. The number of hydrogen-bond donors (Lipinski definition) is 0. The average Bonchev–Trinajstić information content (AvgIpc) is 2.51. The van der Waals surface area contributed by atoms with Crippen molar-refractivity contribution in [3.05, 3.63) is 35.6 Å². The molecule has 2 heterocycles. The van der Waals surface area contributed by atoms with E-state index in [1.54, 1.807) is 0 Å². The van der Waals surface area contributed by atoms with Crippen LogP contribution < -0.4 is 0 Å². The first-order chi connectivity index (χ1) is 10.1. The molecule has 116 valence electrons. The van der Waals surface area contributed by atoms with E-state index in [9.17, 15) is 0 Å². The lowest BCUT2D eigenvalue weighted by Crippen LogP contribution is -2.45. The summed E-state index contributed by atoms with van der Waals surface area (Å²) < 4.78 is 5.84. The van der Waals surface area contributed by atoms with Crippen molar-refractivity contribution in [3.63, 3.8) is 0 Å². The molecule has 0 aliphatic carbocycles. The Morgan fingerprint density at radius 3 is 2.38 bits per heavy atom. The van der Waals surface area contributed by atoms with Crippen LogP contribution in [0.1, 0.15) is 13.8 Å². The van der Waals surface area contributed by atoms with Crippen molar-refractivity contribution in [1.29, 1.82) is 0 Å². The van der Waals surface area contributed by atoms with Crippen LogP contribution in [-0.2, 0) is 4.74 Å². The first-order valence-electron chi connectivity index (χ1n) is 7.45. The lowest BCUT2D eigenvalue weighted by atomic mass is 10.2. The van der Waals surface area contributed by atoms with Crippen LogP contribution in [-0.4, -0.2) is 67.8 Å². The van der Waals surface area contributed by atoms with E-state index >= 15 is 0 Å². The number of aliphatic imine (C=N–C) groups is 1. The van der Waals surface area contributed by atoms with Gasteiger partial charge in [-0.05, 0) is 26.6 Å². The highest BCUT2D eigenvalue weighted by Gasteiger charge is 2.24. The molecule has 2 aliphatic rings. The third-order valence-electron chi connectivity index (χ3n) is 4.22. The van der Waals surface area contributed by atoms with Gasteiger partial charge in [0.1, 0.15) is 12.4 Å². The van der Waals surface area contributed by atoms with Gasteiger partial charge in [-0.3, -0.25) is 0 Å². The van der Waals surface area contributed by atoms with Gasteiger partial charge >= 0.3 is 0 Å². The van der Waals surface area contributed by atoms with Crippen LogP contribution >= 0.6 is 0 Å². The largest absolute Gasteiger partial charge is 0.488 e. The minimum absolute atomic E-state index is 0.727. The molecule has 0 spiro atoms. The molecule has 2 fully saturated rings. The molecule has 2 aliphatic heterocycles. The van der Waals surface area contributed by atoms with Crippen LogP contribution in [0, 0.1) is 0 Å². The summed E-state index contributed by atoms with van der Waals surface area (Å²) in [5.41, 5.74) is 2.16. The number of ether oxygens (including phenoxy) is 1. The van der Waals surface area contributed by atoms with Crippen LogP contribution in [0.25, 0.3) is 0 Å². The maximum atomic E-state index is 5.84. The zero-order chi connectivity index (χ0) is 15.4. The molecule has 5 nitrogen and oxygen atoms in total. The lowest BCUT2D eigenvalue weighted by Gasteiger charge is -2.39. The van der Waals surface area contributed by atoms with Crippen molar-refractivity contribution in [1.82, 2.24) is 14.7 Å². The number of likely N-dealkylation sites (N-methyl/N-ethyl adjacent to an activating group) is 1. The molecule has 0 amide bonds. The van der Waals surface area contributed by atoms with E-state index in [-0.39, 0.29) is 0 Å². The number of hydrogen-bond acceptors (Lipinski definition) is 5. The van der Waals surface area contributed by atoms with Crippen LogP contribution in [0.3, 0.4) is 0 Å². The normalized spacial score (nSPS) is 23.1. The molecule has 2 rings (SSSR count). The Balaban J connectivity index is 2.04. The van der Waals surface area contributed by atoms with E-state index in [4.69, 9.17) is 4.74 Å². The highest BCUT2D eigenvalue weighted by atomic mass is 16.5. The van der Waals surface area contributed by atoms with E-state index in [1.165, 1.54) is 5.70 Å². The molecule has 2 saturated heterocycles. The Morgan fingerprint density at radius 1 is 1.19 bits per heavy atom. The molecule has 0 N–H and O–H groups in total. The SMILES string of the molecule is C=N/C(=C\C)N1CCN(/C(C)=C2\OCCN(C)C2=C)CC1. The van der Waals surface area contributed by atoms with Gasteiger partial charge in [0.2, 0.25) is 0 Å².